The topological polar surface area (TPSA) is 52.6 Å². The molecule has 0 aliphatic heterocycles. The zero-order valence-corrected chi connectivity index (χ0v) is 54.7. The predicted molar refractivity (Wildman–Crippen MR) is 420 cm³/mol. The molecule has 0 N–H and O–H groups in total. The van der Waals surface area contributed by atoms with Gasteiger partial charge in [-0.15, -0.1) is 0 Å². The fourth-order valence-corrected chi connectivity index (χ4v) is 17.3. The van der Waals surface area contributed by atoms with Gasteiger partial charge in [0.15, 0.2) is 0 Å². The maximum Gasteiger partial charge on any atom is 0.147 e. The smallest absolute Gasteiger partial charge is 0.147 e. The van der Waals surface area contributed by atoms with E-state index >= 15 is 0 Å². The van der Waals surface area contributed by atoms with Gasteiger partial charge >= 0.3 is 0 Å². The third-order valence-electron chi connectivity index (χ3n) is 21.6. The van der Waals surface area contributed by atoms with Crippen molar-refractivity contribution < 1.29 is 17.7 Å². The molecule has 3 aliphatic rings. The SMILES string of the molecule is C1=C(c2c3ccccc3c(-c3ccccc3)c3ccccc23)CCC=C1c1cc2c3ccccc3oc2c2cc3oc4ccccc4c3cc12.C1=Cc2oc3c(c2CC1)c1ccccc1c1oc2ccc(-c4cccc(-c5c6c(c(-c7ccccc7)c7ccccc57)=CCCC=6)c4)cc2c13. The van der Waals surface area contributed by atoms with E-state index in [1.54, 1.807) is 0 Å². The number of aryl methyl sites for hydroxylation is 1. The second-order valence-electron chi connectivity index (χ2n) is 27.2. The first-order chi connectivity index (χ1) is 49.6. The van der Waals surface area contributed by atoms with E-state index in [0.717, 1.165) is 132 Å². The van der Waals surface area contributed by atoms with Crippen molar-refractivity contribution in [1.29, 1.82) is 0 Å². The predicted octanol–water partition coefficient (Wildman–Crippen LogP) is 25.8. The number of benzene rings is 15. The molecular weight excluding hydrogens is 1220 g/mol. The number of allylic oxidation sites excluding steroid dienone is 5. The lowest BCUT2D eigenvalue weighted by atomic mass is 9.82. The number of hydrogen-bond acceptors (Lipinski definition) is 4. The molecule has 4 heteroatoms. The van der Waals surface area contributed by atoms with Crippen LogP contribution in [0.1, 0.15) is 54.6 Å². The number of rotatable bonds is 6. The summed E-state index contributed by atoms with van der Waals surface area (Å²) in [5.74, 6) is 0.977. The molecule has 22 rings (SSSR count). The summed E-state index contributed by atoms with van der Waals surface area (Å²) in [6.45, 7) is 0. The normalized spacial score (nSPS) is 13.8. The minimum atomic E-state index is 0.878. The van der Waals surface area contributed by atoms with E-state index in [1.165, 1.54) is 126 Å². The Morgan fingerprint density at radius 3 is 1.49 bits per heavy atom. The summed E-state index contributed by atoms with van der Waals surface area (Å²) in [6.07, 6.45) is 20.2. The van der Waals surface area contributed by atoms with Crippen LogP contribution >= 0.6 is 0 Å². The summed E-state index contributed by atoms with van der Waals surface area (Å²) in [4.78, 5) is 0. The van der Waals surface area contributed by atoms with E-state index in [2.05, 4.69) is 285 Å². The lowest BCUT2D eigenvalue weighted by Crippen LogP contribution is -2.31. The standard InChI is InChI=1S/C48H30O2.C48H32O2/c1-2-13-29(14-3-1)46-34-19-4-6-21-36(34)47(37-22-7-5-20-35(37)46)31-16-12-15-30(25-31)38-26-41-33-18-9-11-24-44(33)50-48(41)42-28-45-40(27-39(38)42)32-17-8-10-23-43(32)49-45;1-2-13-29(14-3-1)43-33-17-4-6-19-35(33)44(36-20-7-5-18-34(36)43)32-16-12-15-30(27-32)31-25-26-42-40(28-31)46-47(49-42)38-22-9-8-21-37(38)45-39-23-10-11-24-41(39)50-48(45)46/h1-11,13-15,17-28H,12,16H2;1-4,6,8-9,11-22,24-28H,5,7,10,23H2. The van der Waals surface area contributed by atoms with Crippen molar-refractivity contribution in [1.82, 2.24) is 0 Å². The molecule has 100 heavy (non-hydrogen) atoms. The van der Waals surface area contributed by atoms with Crippen molar-refractivity contribution in [3.8, 4) is 44.5 Å². The van der Waals surface area contributed by atoms with Crippen molar-refractivity contribution >= 4 is 160 Å². The molecule has 4 heterocycles. The minimum absolute atomic E-state index is 0.878. The second kappa shape index (κ2) is 22.5. The molecular formula is C96H62O4. The molecule has 0 radical (unpaired) electrons. The summed E-state index contributed by atoms with van der Waals surface area (Å²) in [5.41, 5.74) is 22.8. The number of para-hydroxylation sites is 2. The molecule has 3 aliphatic carbocycles. The quantitative estimate of drug-likeness (QED) is 0.156. The molecule has 19 aromatic rings. The van der Waals surface area contributed by atoms with Crippen molar-refractivity contribution in [2.24, 2.45) is 0 Å². The molecule has 0 unspecified atom stereocenters. The number of furan rings is 4. The molecule has 0 bridgehead atoms. The van der Waals surface area contributed by atoms with Gasteiger partial charge < -0.3 is 17.7 Å². The molecule has 0 saturated carbocycles. The van der Waals surface area contributed by atoms with Crippen LogP contribution in [0.3, 0.4) is 0 Å². The lowest BCUT2D eigenvalue weighted by molar-refractivity contribution is 0.598. The highest BCUT2D eigenvalue weighted by Gasteiger charge is 2.27. The maximum atomic E-state index is 6.68. The van der Waals surface area contributed by atoms with Crippen molar-refractivity contribution in [3.63, 3.8) is 0 Å². The summed E-state index contributed by atoms with van der Waals surface area (Å²) >= 11 is 0. The Balaban J connectivity index is 0.000000131. The first kappa shape index (κ1) is 56.7. The Morgan fingerprint density at radius 2 is 0.790 bits per heavy atom. The molecule has 0 atom stereocenters. The molecule has 0 saturated heterocycles. The van der Waals surface area contributed by atoms with Gasteiger partial charge in [0.1, 0.15) is 44.8 Å². The third kappa shape index (κ3) is 8.73. The first-order valence-electron chi connectivity index (χ1n) is 35.1. The van der Waals surface area contributed by atoms with Gasteiger partial charge in [0, 0.05) is 48.7 Å². The van der Waals surface area contributed by atoms with Gasteiger partial charge in [0.2, 0.25) is 0 Å². The van der Waals surface area contributed by atoms with Gasteiger partial charge in [-0.2, -0.15) is 0 Å². The maximum absolute atomic E-state index is 6.68. The molecule has 15 aromatic carbocycles. The molecule has 470 valence electrons. The zero-order chi connectivity index (χ0) is 65.5. The van der Waals surface area contributed by atoms with E-state index < -0.39 is 0 Å². The van der Waals surface area contributed by atoms with Gasteiger partial charge in [-0.25, -0.2) is 0 Å². The van der Waals surface area contributed by atoms with Gasteiger partial charge in [-0.3, -0.25) is 0 Å². The van der Waals surface area contributed by atoms with Crippen LogP contribution in [0, 0.1) is 0 Å². The average Bonchev–Trinajstić information content (AvgIpc) is 1.46. The fraction of sp³-hybridized carbons (Fsp3) is 0.0625. The Hall–Kier alpha value is -12.5. The largest absolute Gasteiger partial charge is 0.456 e. The first-order valence-corrected chi connectivity index (χ1v) is 35.1. The van der Waals surface area contributed by atoms with Gasteiger partial charge in [-0.05, 0) is 213 Å². The average molecular weight is 1280 g/mol. The molecule has 4 aromatic heterocycles. The minimum Gasteiger partial charge on any atom is -0.456 e. The molecule has 0 spiro atoms. The van der Waals surface area contributed by atoms with Crippen LogP contribution in [0.5, 0.6) is 0 Å². The number of fused-ring (bicyclic) bond motifs is 22. The summed E-state index contributed by atoms with van der Waals surface area (Å²) in [5, 5.41) is 22.9. The Morgan fingerprint density at radius 1 is 0.260 bits per heavy atom. The van der Waals surface area contributed by atoms with Crippen molar-refractivity contribution in [3.05, 3.63) is 318 Å². The van der Waals surface area contributed by atoms with E-state index in [0.29, 0.717) is 0 Å². The van der Waals surface area contributed by atoms with E-state index in [-0.39, 0.29) is 0 Å². The van der Waals surface area contributed by atoms with Crippen LogP contribution < -0.4 is 10.4 Å². The van der Waals surface area contributed by atoms with Crippen molar-refractivity contribution in [2.45, 2.75) is 38.5 Å². The summed E-state index contributed by atoms with van der Waals surface area (Å²) in [7, 11) is 0. The summed E-state index contributed by atoms with van der Waals surface area (Å²) < 4.78 is 26.3. The molecule has 0 fully saturated rings. The Bertz CT molecular complexity index is 6880. The number of hydrogen-bond donors (Lipinski definition) is 0. The van der Waals surface area contributed by atoms with Gasteiger partial charge in [0.05, 0.1) is 5.39 Å². The van der Waals surface area contributed by atoms with Crippen molar-refractivity contribution in [2.75, 3.05) is 0 Å². The highest BCUT2D eigenvalue weighted by Crippen LogP contribution is 2.50. The van der Waals surface area contributed by atoms with Gasteiger partial charge in [-0.1, -0.05) is 249 Å². The van der Waals surface area contributed by atoms with Crippen LogP contribution in [0.2, 0.25) is 0 Å². The molecule has 0 amide bonds. The van der Waals surface area contributed by atoms with Crippen LogP contribution in [-0.2, 0) is 6.42 Å². The zero-order valence-electron chi connectivity index (χ0n) is 54.7. The Kier molecular flexibility index (Phi) is 12.8. The van der Waals surface area contributed by atoms with Crippen LogP contribution in [0.25, 0.3) is 205 Å². The third-order valence-corrected chi connectivity index (χ3v) is 21.6. The van der Waals surface area contributed by atoms with Crippen LogP contribution in [0.15, 0.2) is 303 Å². The van der Waals surface area contributed by atoms with E-state index in [1.807, 2.05) is 18.2 Å². The van der Waals surface area contributed by atoms with Crippen LogP contribution in [-0.4, -0.2) is 0 Å². The van der Waals surface area contributed by atoms with E-state index in [4.69, 9.17) is 17.7 Å². The van der Waals surface area contributed by atoms with E-state index in [9.17, 15) is 0 Å². The highest BCUT2D eigenvalue weighted by atomic mass is 16.4. The lowest BCUT2D eigenvalue weighted by Gasteiger charge is -2.22. The highest BCUT2D eigenvalue weighted by molar-refractivity contribution is 6.30. The Labute approximate surface area is 575 Å². The fourth-order valence-electron chi connectivity index (χ4n) is 17.3. The van der Waals surface area contributed by atoms with Crippen LogP contribution in [0.4, 0.5) is 0 Å². The van der Waals surface area contributed by atoms with Gasteiger partial charge in [0.25, 0.3) is 0 Å². The molecule has 4 nitrogen and oxygen atoms in total. The monoisotopic (exact) mass is 1280 g/mol. The summed E-state index contributed by atoms with van der Waals surface area (Å²) in [6, 6.07) is 96.4. The second-order valence-corrected chi connectivity index (χ2v) is 27.2.